The van der Waals surface area contributed by atoms with Crippen LogP contribution in [0.1, 0.15) is 11.1 Å². The molecule has 0 bridgehead atoms. The summed E-state index contributed by atoms with van der Waals surface area (Å²) in [7, 11) is 0. The van der Waals surface area contributed by atoms with Gasteiger partial charge in [-0.1, -0.05) is 48.5 Å². The van der Waals surface area contributed by atoms with Gasteiger partial charge in [0.2, 0.25) is 0 Å². The van der Waals surface area contributed by atoms with Crippen molar-refractivity contribution in [3.63, 3.8) is 0 Å². The number of amides is 2. The largest absolute Gasteiger partial charge is 0.486 e. The van der Waals surface area contributed by atoms with E-state index < -0.39 is 11.8 Å². The van der Waals surface area contributed by atoms with Crippen LogP contribution in [0.25, 0.3) is 11.1 Å². The third kappa shape index (κ3) is 4.43. The lowest BCUT2D eigenvalue weighted by Gasteiger charge is -2.15. The molecular formula is C21H20FN3O2. The highest BCUT2D eigenvalue weighted by atomic mass is 19.1. The van der Waals surface area contributed by atoms with Gasteiger partial charge >= 0.3 is 6.03 Å². The second-order valence-corrected chi connectivity index (χ2v) is 6.00. The molecule has 3 rings (SSSR count). The van der Waals surface area contributed by atoms with Crippen molar-refractivity contribution in [3.8, 4) is 16.9 Å². The van der Waals surface area contributed by atoms with Crippen molar-refractivity contribution in [1.29, 1.82) is 0 Å². The maximum Gasteiger partial charge on any atom is 0.333 e. The Morgan fingerprint density at radius 1 is 1.04 bits per heavy atom. The van der Waals surface area contributed by atoms with E-state index in [-0.39, 0.29) is 12.4 Å². The minimum atomic E-state index is -0.542. The summed E-state index contributed by atoms with van der Waals surface area (Å²) in [5.74, 6) is 4.82. The summed E-state index contributed by atoms with van der Waals surface area (Å²) >= 11 is 0. The molecule has 6 heteroatoms. The number of nitrogens with two attached hydrogens (primary N) is 1. The van der Waals surface area contributed by atoms with Gasteiger partial charge in [-0.25, -0.2) is 15.0 Å². The quantitative estimate of drug-likeness (QED) is 0.357. The Kier molecular flexibility index (Phi) is 5.68. The second-order valence-electron chi connectivity index (χ2n) is 6.00. The average Bonchev–Trinajstić information content (AvgIpc) is 2.69. The fourth-order valence-corrected chi connectivity index (χ4v) is 2.74. The number of benzene rings is 3. The van der Waals surface area contributed by atoms with Gasteiger partial charge in [0.05, 0.1) is 0 Å². The number of urea groups is 1. The molecule has 0 unspecified atom stereocenters. The number of hydrogen-bond acceptors (Lipinski definition) is 3. The minimum absolute atomic E-state index is 0.0992. The van der Waals surface area contributed by atoms with Crippen LogP contribution in [0.15, 0.2) is 66.7 Å². The van der Waals surface area contributed by atoms with E-state index in [9.17, 15) is 9.18 Å². The Labute approximate surface area is 156 Å². The zero-order chi connectivity index (χ0) is 19.2. The van der Waals surface area contributed by atoms with Crippen LogP contribution in [-0.4, -0.2) is 6.03 Å². The molecule has 3 aromatic rings. The minimum Gasteiger partial charge on any atom is -0.486 e. The van der Waals surface area contributed by atoms with Gasteiger partial charge in [0.15, 0.2) is 11.6 Å². The first-order valence-corrected chi connectivity index (χ1v) is 8.42. The van der Waals surface area contributed by atoms with Crippen LogP contribution in [0.5, 0.6) is 5.75 Å². The van der Waals surface area contributed by atoms with Gasteiger partial charge in [0.1, 0.15) is 6.61 Å². The molecule has 0 radical (unpaired) electrons. The van der Waals surface area contributed by atoms with E-state index in [4.69, 9.17) is 10.6 Å². The third-order valence-electron chi connectivity index (χ3n) is 4.20. The van der Waals surface area contributed by atoms with Crippen molar-refractivity contribution in [2.45, 2.75) is 13.5 Å². The van der Waals surface area contributed by atoms with Gasteiger partial charge < -0.3 is 10.1 Å². The highest BCUT2D eigenvalue weighted by molar-refractivity contribution is 5.89. The van der Waals surface area contributed by atoms with E-state index >= 15 is 0 Å². The number of hydrogen-bond donors (Lipinski definition) is 3. The maximum absolute atomic E-state index is 14.2. The van der Waals surface area contributed by atoms with E-state index in [1.54, 1.807) is 18.2 Å². The molecule has 0 aromatic heterocycles. The van der Waals surface area contributed by atoms with E-state index in [1.165, 1.54) is 6.07 Å². The van der Waals surface area contributed by atoms with Crippen molar-refractivity contribution in [3.05, 3.63) is 83.7 Å². The number of halogens is 1. The summed E-state index contributed by atoms with van der Waals surface area (Å²) < 4.78 is 20.0. The van der Waals surface area contributed by atoms with Gasteiger partial charge in [0, 0.05) is 11.3 Å². The molecule has 0 heterocycles. The van der Waals surface area contributed by atoms with E-state index in [0.717, 1.165) is 22.3 Å². The smallest absolute Gasteiger partial charge is 0.333 e. The summed E-state index contributed by atoms with van der Waals surface area (Å²) in [6.45, 7) is 1.99. The Morgan fingerprint density at radius 2 is 1.81 bits per heavy atom. The topological polar surface area (TPSA) is 76.4 Å². The molecule has 27 heavy (non-hydrogen) atoms. The lowest BCUT2D eigenvalue weighted by Crippen LogP contribution is -2.34. The number of aryl methyl sites for hydroxylation is 1. The molecule has 0 spiro atoms. The Hall–Kier alpha value is -3.38. The molecule has 0 saturated carbocycles. The zero-order valence-corrected chi connectivity index (χ0v) is 14.8. The lowest BCUT2D eigenvalue weighted by atomic mass is 10.1. The lowest BCUT2D eigenvalue weighted by molar-refractivity contribution is 0.252. The van der Waals surface area contributed by atoms with Crippen LogP contribution in [0.2, 0.25) is 0 Å². The Bertz CT molecular complexity index is 945. The highest BCUT2D eigenvalue weighted by Crippen LogP contribution is 2.28. The molecule has 0 atom stereocenters. The molecule has 0 saturated heterocycles. The molecule has 0 aliphatic heterocycles. The summed E-state index contributed by atoms with van der Waals surface area (Å²) in [5.41, 5.74) is 6.05. The molecule has 0 fully saturated rings. The number of anilines is 1. The average molecular weight is 365 g/mol. The number of carbonyl (C=O) groups is 1. The number of rotatable bonds is 5. The van der Waals surface area contributed by atoms with E-state index in [0.29, 0.717) is 5.69 Å². The van der Waals surface area contributed by atoms with Crippen LogP contribution in [0.3, 0.4) is 0 Å². The predicted octanol–water partition coefficient (Wildman–Crippen LogP) is 4.38. The maximum atomic E-state index is 14.2. The molecule has 2 amide bonds. The second kappa shape index (κ2) is 8.33. The van der Waals surface area contributed by atoms with Crippen molar-refractivity contribution in [2.75, 3.05) is 5.32 Å². The van der Waals surface area contributed by atoms with Crippen LogP contribution in [-0.2, 0) is 6.61 Å². The Balaban J connectivity index is 1.84. The van der Waals surface area contributed by atoms with Gasteiger partial charge in [0.25, 0.3) is 0 Å². The van der Waals surface area contributed by atoms with Gasteiger partial charge in [-0.3, -0.25) is 5.43 Å². The standard InChI is InChI=1S/C21H20FN3O2/c1-14-6-5-9-19(24-21(26)25-23)17(14)13-27-20-12-16(10-11-18(20)22)15-7-3-2-4-8-15/h2-12H,13,23H2,1H3,(H2,24,25,26). The summed E-state index contributed by atoms with van der Waals surface area (Å²) in [5, 5.41) is 2.64. The van der Waals surface area contributed by atoms with Crippen LogP contribution in [0.4, 0.5) is 14.9 Å². The van der Waals surface area contributed by atoms with Crippen molar-refractivity contribution >= 4 is 11.7 Å². The first kappa shape index (κ1) is 18.4. The van der Waals surface area contributed by atoms with E-state index in [1.807, 2.05) is 54.8 Å². The van der Waals surface area contributed by atoms with Crippen molar-refractivity contribution in [2.24, 2.45) is 5.84 Å². The third-order valence-corrected chi connectivity index (χ3v) is 4.20. The molecular weight excluding hydrogens is 345 g/mol. The number of carbonyl (C=O) groups excluding carboxylic acids is 1. The van der Waals surface area contributed by atoms with Gasteiger partial charge in [-0.15, -0.1) is 0 Å². The predicted molar refractivity (Wildman–Crippen MR) is 104 cm³/mol. The van der Waals surface area contributed by atoms with Crippen molar-refractivity contribution in [1.82, 2.24) is 5.43 Å². The first-order valence-electron chi connectivity index (χ1n) is 8.42. The molecule has 138 valence electrons. The number of nitrogens with one attached hydrogen (secondary N) is 2. The Morgan fingerprint density at radius 3 is 2.56 bits per heavy atom. The normalized spacial score (nSPS) is 10.3. The molecule has 3 aromatic carbocycles. The fourth-order valence-electron chi connectivity index (χ4n) is 2.74. The molecule has 0 aliphatic carbocycles. The monoisotopic (exact) mass is 365 g/mol. The zero-order valence-electron chi connectivity index (χ0n) is 14.8. The first-order chi connectivity index (χ1) is 13.1. The fraction of sp³-hybridized carbons (Fsp3) is 0.0952. The molecule has 0 aliphatic rings. The van der Waals surface area contributed by atoms with E-state index in [2.05, 4.69) is 5.32 Å². The number of ether oxygens (including phenoxy) is 1. The van der Waals surface area contributed by atoms with Gasteiger partial charge in [-0.05, 0) is 41.8 Å². The van der Waals surface area contributed by atoms with Crippen LogP contribution >= 0.6 is 0 Å². The van der Waals surface area contributed by atoms with Crippen LogP contribution < -0.4 is 21.3 Å². The summed E-state index contributed by atoms with van der Waals surface area (Å²) in [6, 6.07) is 19.3. The molecule has 4 N–H and O–H groups in total. The SMILES string of the molecule is Cc1cccc(NC(=O)NN)c1COc1cc(-c2ccccc2)ccc1F. The van der Waals surface area contributed by atoms with Crippen LogP contribution in [0, 0.1) is 12.7 Å². The highest BCUT2D eigenvalue weighted by Gasteiger charge is 2.12. The molecule has 5 nitrogen and oxygen atoms in total. The van der Waals surface area contributed by atoms with Crippen molar-refractivity contribution < 1.29 is 13.9 Å². The number of hydrazine groups is 1. The summed E-state index contributed by atoms with van der Waals surface area (Å²) in [6.07, 6.45) is 0. The van der Waals surface area contributed by atoms with Gasteiger partial charge in [-0.2, -0.15) is 0 Å². The summed E-state index contributed by atoms with van der Waals surface area (Å²) in [4.78, 5) is 11.5.